The highest BCUT2D eigenvalue weighted by Gasteiger charge is 2.34. The molecule has 0 radical (unpaired) electrons. The van der Waals surface area contributed by atoms with Gasteiger partial charge in [-0.3, -0.25) is 9.59 Å². The molecule has 16 heteroatoms. The Morgan fingerprint density at radius 3 is 2.49 bits per heavy atom. The van der Waals surface area contributed by atoms with Crippen LogP contribution in [0.3, 0.4) is 0 Å². The number of imidazole rings is 1. The van der Waals surface area contributed by atoms with Crippen LogP contribution in [0.4, 0.5) is 19.0 Å². The fraction of sp³-hybridized carbons (Fsp3) is 0.290. The van der Waals surface area contributed by atoms with E-state index in [0.717, 1.165) is 6.07 Å². The average Bonchev–Trinajstić information content (AvgIpc) is 3.68. The van der Waals surface area contributed by atoms with E-state index in [1.165, 1.54) is 36.8 Å². The average molecular weight is 649 g/mol. The van der Waals surface area contributed by atoms with Gasteiger partial charge in [0.15, 0.2) is 23.1 Å². The number of hydrogen-bond acceptors (Lipinski definition) is 10. The summed E-state index contributed by atoms with van der Waals surface area (Å²) < 4.78 is 47.9. The van der Waals surface area contributed by atoms with Crippen LogP contribution in [-0.2, 0) is 22.9 Å². The topological polar surface area (TPSA) is 168 Å². The first-order valence-electron chi connectivity index (χ1n) is 14.3. The molecule has 0 spiro atoms. The number of nitrogens with zero attached hydrogens (tertiary/aromatic N) is 7. The van der Waals surface area contributed by atoms with E-state index in [4.69, 9.17) is 4.52 Å². The molecule has 0 unspecified atom stereocenters. The number of anilines is 1. The maximum atomic E-state index is 14.3. The summed E-state index contributed by atoms with van der Waals surface area (Å²) in [6, 6.07) is 5.34. The SMILES string of the molecule is CN(C)C/C=C/C(=O)Nc1nccnc1-c1nc2nccc(-c3ccc(CNC(=O)c4nc(C(C)(C)C)no4)c(C(F)(F)F)c3)c2[nH]1. The summed E-state index contributed by atoms with van der Waals surface area (Å²) in [6.45, 7) is 5.61. The van der Waals surface area contributed by atoms with Crippen LogP contribution in [0.2, 0.25) is 0 Å². The summed E-state index contributed by atoms with van der Waals surface area (Å²) in [7, 11) is 3.74. The van der Waals surface area contributed by atoms with Crippen LogP contribution in [0.15, 0.2) is 59.5 Å². The van der Waals surface area contributed by atoms with Crippen LogP contribution in [-0.4, -0.2) is 72.4 Å². The van der Waals surface area contributed by atoms with Crippen LogP contribution < -0.4 is 10.6 Å². The van der Waals surface area contributed by atoms with E-state index in [9.17, 15) is 22.8 Å². The van der Waals surface area contributed by atoms with Crippen molar-refractivity contribution in [3.8, 4) is 22.6 Å². The number of halogens is 3. The number of nitrogens with one attached hydrogen (secondary N) is 3. The number of aromatic nitrogens is 7. The van der Waals surface area contributed by atoms with Crippen molar-refractivity contribution in [2.24, 2.45) is 0 Å². The Morgan fingerprint density at radius 1 is 1.02 bits per heavy atom. The second kappa shape index (κ2) is 13.1. The van der Waals surface area contributed by atoms with Crippen LogP contribution in [0.1, 0.15) is 48.4 Å². The molecule has 0 aliphatic carbocycles. The van der Waals surface area contributed by atoms with Gasteiger partial charge in [-0.25, -0.2) is 19.9 Å². The first-order chi connectivity index (χ1) is 22.2. The smallest absolute Gasteiger partial charge is 0.344 e. The van der Waals surface area contributed by atoms with Crippen LogP contribution >= 0.6 is 0 Å². The molecule has 5 rings (SSSR count). The summed E-state index contributed by atoms with van der Waals surface area (Å²) >= 11 is 0. The predicted octanol–water partition coefficient (Wildman–Crippen LogP) is 4.77. The van der Waals surface area contributed by atoms with Crippen LogP contribution in [0.25, 0.3) is 33.8 Å². The first-order valence-corrected chi connectivity index (χ1v) is 14.3. The van der Waals surface area contributed by atoms with Gasteiger partial charge in [-0.2, -0.15) is 18.2 Å². The molecule has 13 nitrogen and oxygen atoms in total. The van der Waals surface area contributed by atoms with E-state index in [-0.39, 0.29) is 40.0 Å². The molecular formula is C31H31F3N10O3. The van der Waals surface area contributed by atoms with Gasteiger partial charge >= 0.3 is 18.0 Å². The lowest BCUT2D eigenvalue weighted by molar-refractivity contribution is -0.138. The number of aromatic amines is 1. The standard InChI is InChI=1S/C31H31F3N10O3/c1-30(2,3)29-42-28(47-43-29)27(46)38-16-18-9-8-17(15-20(18)31(32,33)34)19-10-11-36-24-22(19)40-26(41-24)23-25(37-13-12-35-23)39-21(45)7-6-14-44(4)5/h6-13,15H,14,16H2,1-5H3,(H,38,46)(H,36,40,41)(H,37,39,45)/b7-6+. The van der Waals surface area contributed by atoms with Gasteiger partial charge in [0.2, 0.25) is 5.91 Å². The molecule has 244 valence electrons. The molecule has 0 saturated carbocycles. The van der Waals surface area contributed by atoms with Gasteiger partial charge in [0.25, 0.3) is 0 Å². The molecule has 0 aliphatic rings. The fourth-order valence-electron chi connectivity index (χ4n) is 4.43. The Hall–Kier alpha value is -5.51. The van der Waals surface area contributed by atoms with Crippen molar-refractivity contribution in [1.29, 1.82) is 0 Å². The molecule has 0 atom stereocenters. The van der Waals surface area contributed by atoms with Gasteiger partial charge in [-0.15, -0.1) is 0 Å². The van der Waals surface area contributed by atoms with E-state index in [2.05, 4.69) is 45.7 Å². The number of benzene rings is 1. The van der Waals surface area contributed by atoms with Crippen molar-refractivity contribution in [3.05, 3.63) is 77.9 Å². The molecule has 3 N–H and O–H groups in total. The highest BCUT2D eigenvalue weighted by Crippen LogP contribution is 2.37. The van der Waals surface area contributed by atoms with E-state index >= 15 is 0 Å². The maximum Gasteiger partial charge on any atom is 0.416 e. The molecule has 0 aliphatic heterocycles. The van der Waals surface area contributed by atoms with E-state index in [0.29, 0.717) is 23.4 Å². The van der Waals surface area contributed by atoms with Crippen molar-refractivity contribution in [1.82, 2.24) is 45.3 Å². The molecule has 2 amide bonds. The molecule has 5 aromatic rings. The molecule has 0 bridgehead atoms. The zero-order valence-corrected chi connectivity index (χ0v) is 26.1. The van der Waals surface area contributed by atoms with Gasteiger partial charge in [-0.05, 0) is 37.4 Å². The molecule has 47 heavy (non-hydrogen) atoms. The first kappa shape index (κ1) is 32.9. The monoisotopic (exact) mass is 648 g/mol. The van der Waals surface area contributed by atoms with Crippen molar-refractivity contribution in [3.63, 3.8) is 0 Å². The Kier molecular flexibility index (Phi) is 9.15. The Bertz CT molecular complexity index is 1960. The molecule has 1 aromatic carbocycles. The normalized spacial score (nSPS) is 12.3. The number of carbonyl (C=O) groups is 2. The number of amides is 2. The Labute approximate surface area is 266 Å². The zero-order valence-electron chi connectivity index (χ0n) is 26.1. The molecular weight excluding hydrogens is 617 g/mol. The van der Waals surface area contributed by atoms with Gasteiger partial charge in [-0.1, -0.05) is 44.1 Å². The largest absolute Gasteiger partial charge is 0.416 e. The van der Waals surface area contributed by atoms with Crippen LogP contribution in [0.5, 0.6) is 0 Å². The predicted molar refractivity (Wildman–Crippen MR) is 166 cm³/mol. The number of H-pyrrole nitrogens is 1. The Morgan fingerprint density at radius 2 is 1.79 bits per heavy atom. The number of alkyl halides is 3. The lowest BCUT2D eigenvalue weighted by Crippen LogP contribution is -2.25. The summed E-state index contributed by atoms with van der Waals surface area (Å²) in [6.07, 6.45) is 2.57. The van der Waals surface area contributed by atoms with Crippen molar-refractivity contribution >= 4 is 28.8 Å². The number of rotatable bonds is 9. The number of pyridine rings is 1. The number of hydrogen-bond donors (Lipinski definition) is 3. The lowest BCUT2D eigenvalue weighted by Gasteiger charge is -2.15. The van der Waals surface area contributed by atoms with Gasteiger partial charge in [0.1, 0.15) is 5.69 Å². The third-order valence-electron chi connectivity index (χ3n) is 6.75. The number of likely N-dealkylation sites (N-methyl/N-ethyl adjacent to an activating group) is 1. The molecule has 0 fully saturated rings. The summed E-state index contributed by atoms with van der Waals surface area (Å²) in [5.74, 6) is -0.941. The van der Waals surface area contributed by atoms with Gasteiger partial charge in [0.05, 0.1) is 11.1 Å². The quantitative estimate of drug-likeness (QED) is 0.190. The fourth-order valence-corrected chi connectivity index (χ4v) is 4.43. The summed E-state index contributed by atoms with van der Waals surface area (Å²) in [5.41, 5.74) is -0.213. The lowest BCUT2D eigenvalue weighted by atomic mass is 9.96. The Balaban J connectivity index is 1.43. The van der Waals surface area contributed by atoms with Crippen molar-refractivity contribution in [2.75, 3.05) is 26.0 Å². The minimum atomic E-state index is -4.74. The van der Waals surface area contributed by atoms with E-state index in [1.807, 2.05) is 39.8 Å². The second-order valence-electron chi connectivity index (χ2n) is 11.8. The highest BCUT2D eigenvalue weighted by atomic mass is 19.4. The minimum absolute atomic E-state index is 0.133. The van der Waals surface area contributed by atoms with Crippen molar-refractivity contribution in [2.45, 2.75) is 38.9 Å². The molecule has 0 saturated heterocycles. The zero-order chi connectivity index (χ0) is 33.9. The summed E-state index contributed by atoms with van der Waals surface area (Å²) in [4.78, 5) is 51.3. The van der Waals surface area contributed by atoms with Crippen molar-refractivity contribution < 1.29 is 27.3 Å². The number of fused-ring (bicyclic) bond motifs is 1. The molecule has 4 heterocycles. The third kappa shape index (κ3) is 7.66. The van der Waals surface area contributed by atoms with Gasteiger partial charge in [0, 0.05) is 48.7 Å². The second-order valence-corrected chi connectivity index (χ2v) is 11.8. The van der Waals surface area contributed by atoms with E-state index in [1.54, 1.807) is 12.1 Å². The number of carbonyl (C=O) groups excluding carboxylic acids is 2. The minimum Gasteiger partial charge on any atom is -0.344 e. The molecule has 4 aromatic heterocycles. The van der Waals surface area contributed by atoms with E-state index < -0.39 is 35.5 Å². The summed E-state index contributed by atoms with van der Waals surface area (Å²) in [5, 5.41) is 8.88. The maximum absolute atomic E-state index is 14.3. The third-order valence-corrected chi connectivity index (χ3v) is 6.75. The highest BCUT2D eigenvalue weighted by molar-refractivity contribution is 6.01. The van der Waals surface area contributed by atoms with Gasteiger partial charge < -0.3 is 25.0 Å². The van der Waals surface area contributed by atoms with Crippen LogP contribution in [0, 0.1) is 0 Å².